The van der Waals surface area contributed by atoms with Crippen molar-refractivity contribution in [2.45, 2.75) is 38.3 Å². The molecule has 0 radical (unpaired) electrons. The van der Waals surface area contributed by atoms with Gasteiger partial charge < -0.3 is 15.2 Å². The number of amides is 1. The van der Waals surface area contributed by atoms with Crippen LogP contribution in [0.1, 0.15) is 32.2 Å². The normalized spacial score (nSPS) is 34.6. The van der Waals surface area contributed by atoms with E-state index in [1.54, 1.807) is 6.20 Å². The van der Waals surface area contributed by atoms with Crippen LogP contribution in [-0.4, -0.2) is 34.6 Å². The Balaban J connectivity index is 1.64. The Kier molecular flexibility index (Phi) is 3.55. The largest absolute Gasteiger partial charge is 0.351 e. The highest BCUT2D eigenvalue weighted by molar-refractivity contribution is 5.80. The lowest BCUT2D eigenvalue weighted by atomic mass is 9.96. The Labute approximate surface area is 113 Å². The number of carbonyl (C=O) groups is 1. The van der Waals surface area contributed by atoms with Crippen LogP contribution in [0.5, 0.6) is 0 Å². The molecule has 3 rings (SSSR count). The summed E-state index contributed by atoms with van der Waals surface area (Å²) in [6.07, 6.45) is 9.03. The summed E-state index contributed by atoms with van der Waals surface area (Å²) < 4.78 is 2.13. The van der Waals surface area contributed by atoms with E-state index in [1.807, 2.05) is 12.5 Å². The number of carbonyl (C=O) groups excluding carboxylic acids is 1. The van der Waals surface area contributed by atoms with Gasteiger partial charge in [-0.05, 0) is 31.7 Å². The quantitative estimate of drug-likeness (QED) is 0.852. The number of hydrogen-bond donors (Lipinski definition) is 2. The Morgan fingerprint density at radius 1 is 1.42 bits per heavy atom. The topological polar surface area (TPSA) is 59.0 Å². The van der Waals surface area contributed by atoms with Crippen molar-refractivity contribution in [3.05, 3.63) is 18.7 Å². The Morgan fingerprint density at radius 2 is 2.32 bits per heavy atom. The number of hydrogen-bond acceptors (Lipinski definition) is 3. The van der Waals surface area contributed by atoms with Crippen LogP contribution in [0.15, 0.2) is 18.7 Å². The fourth-order valence-corrected chi connectivity index (χ4v) is 3.38. The maximum atomic E-state index is 12.4. The molecule has 0 bridgehead atoms. The molecule has 2 heterocycles. The predicted molar refractivity (Wildman–Crippen MR) is 72.6 cm³/mol. The summed E-state index contributed by atoms with van der Waals surface area (Å²) in [6.45, 7) is 3.91. The molecule has 1 aliphatic heterocycles. The lowest BCUT2D eigenvalue weighted by Gasteiger charge is -2.24. The molecule has 2 aliphatic rings. The van der Waals surface area contributed by atoms with E-state index in [4.69, 9.17) is 0 Å². The second-order valence-electron chi connectivity index (χ2n) is 5.87. The zero-order valence-corrected chi connectivity index (χ0v) is 11.4. The molecule has 1 aromatic rings. The summed E-state index contributed by atoms with van der Waals surface area (Å²) >= 11 is 0. The van der Waals surface area contributed by atoms with E-state index in [0.29, 0.717) is 12.0 Å². The molecular weight excluding hydrogens is 240 g/mol. The fraction of sp³-hybridized carbons (Fsp3) is 0.714. The summed E-state index contributed by atoms with van der Waals surface area (Å²) in [6, 6.07) is 0.630. The van der Waals surface area contributed by atoms with Crippen molar-refractivity contribution in [2.24, 2.45) is 11.8 Å². The monoisotopic (exact) mass is 262 g/mol. The van der Waals surface area contributed by atoms with Gasteiger partial charge in [0.1, 0.15) is 0 Å². The first-order valence-electron chi connectivity index (χ1n) is 7.24. The van der Waals surface area contributed by atoms with Gasteiger partial charge in [0.2, 0.25) is 5.91 Å². The molecule has 5 nitrogen and oxygen atoms in total. The zero-order chi connectivity index (χ0) is 13.2. The molecule has 2 N–H and O–H groups in total. The molecular formula is C14H22N4O. The van der Waals surface area contributed by atoms with Crippen LogP contribution in [0.4, 0.5) is 0 Å². The summed E-state index contributed by atoms with van der Waals surface area (Å²) in [5, 5.41) is 6.55. The molecule has 1 aromatic heterocycles. The number of nitrogens with zero attached hydrogens (tertiary/aromatic N) is 2. The first-order valence-corrected chi connectivity index (χ1v) is 7.24. The Bertz CT molecular complexity index is 431. The predicted octanol–water partition coefficient (Wildman–Crippen LogP) is 0.948. The van der Waals surface area contributed by atoms with Gasteiger partial charge in [-0.2, -0.15) is 0 Å². The van der Waals surface area contributed by atoms with Gasteiger partial charge in [-0.25, -0.2) is 4.98 Å². The van der Waals surface area contributed by atoms with Crippen molar-refractivity contribution in [3.63, 3.8) is 0 Å². The van der Waals surface area contributed by atoms with E-state index in [2.05, 4.69) is 27.1 Å². The van der Waals surface area contributed by atoms with Crippen molar-refractivity contribution in [1.82, 2.24) is 20.2 Å². The minimum absolute atomic E-state index is 0.129. The van der Waals surface area contributed by atoms with Gasteiger partial charge in [0.15, 0.2) is 0 Å². The van der Waals surface area contributed by atoms with Gasteiger partial charge in [-0.15, -0.1) is 0 Å². The highest BCUT2D eigenvalue weighted by atomic mass is 16.2. The standard InChI is InChI=1S/C14H22N4O/c1-10-7-16-8-11(10)14(19)17-12-3-2-4-13(12)18-6-5-15-9-18/h5-6,9-13,16H,2-4,7-8H2,1H3,(H,17,19)/t10-,11-,12?,13?/m1/s1. The third-order valence-corrected chi connectivity index (χ3v) is 4.57. The third-order valence-electron chi connectivity index (χ3n) is 4.57. The van der Waals surface area contributed by atoms with E-state index in [0.717, 1.165) is 25.9 Å². The lowest BCUT2D eigenvalue weighted by molar-refractivity contribution is -0.126. The van der Waals surface area contributed by atoms with E-state index in [9.17, 15) is 4.79 Å². The number of aromatic nitrogens is 2. The molecule has 1 amide bonds. The minimum atomic E-state index is 0.129. The fourth-order valence-electron chi connectivity index (χ4n) is 3.38. The van der Waals surface area contributed by atoms with Crippen LogP contribution < -0.4 is 10.6 Å². The van der Waals surface area contributed by atoms with Crippen molar-refractivity contribution in [3.8, 4) is 0 Å². The molecule has 1 aliphatic carbocycles. The van der Waals surface area contributed by atoms with Gasteiger partial charge in [0.25, 0.3) is 0 Å². The maximum Gasteiger partial charge on any atom is 0.225 e. The van der Waals surface area contributed by atoms with Crippen LogP contribution in [0.25, 0.3) is 0 Å². The second-order valence-corrected chi connectivity index (χ2v) is 5.87. The molecule has 0 spiro atoms. The Morgan fingerprint density at radius 3 is 3.00 bits per heavy atom. The van der Waals surface area contributed by atoms with Crippen LogP contribution >= 0.6 is 0 Å². The van der Waals surface area contributed by atoms with E-state index < -0.39 is 0 Å². The van der Waals surface area contributed by atoms with Gasteiger partial charge in [-0.1, -0.05) is 6.92 Å². The van der Waals surface area contributed by atoms with Crippen LogP contribution in [0.3, 0.4) is 0 Å². The van der Waals surface area contributed by atoms with E-state index in [1.165, 1.54) is 6.42 Å². The van der Waals surface area contributed by atoms with E-state index in [-0.39, 0.29) is 17.9 Å². The van der Waals surface area contributed by atoms with Gasteiger partial charge in [-0.3, -0.25) is 4.79 Å². The molecule has 5 heteroatoms. The molecule has 0 aromatic carbocycles. The lowest BCUT2D eigenvalue weighted by Crippen LogP contribution is -2.43. The highest BCUT2D eigenvalue weighted by Gasteiger charge is 2.34. The molecule has 4 atom stereocenters. The average molecular weight is 262 g/mol. The van der Waals surface area contributed by atoms with E-state index >= 15 is 0 Å². The number of rotatable bonds is 3. The van der Waals surface area contributed by atoms with Gasteiger partial charge in [0, 0.05) is 25.0 Å². The Hall–Kier alpha value is -1.36. The molecule has 19 heavy (non-hydrogen) atoms. The smallest absolute Gasteiger partial charge is 0.225 e. The van der Waals surface area contributed by atoms with Crippen molar-refractivity contribution in [2.75, 3.05) is 13.1 Å². The molecule has 1 saturated carbocycles. The first-order chi connectivity index (χ1) is 9.25. The second kappa shape index (κ2) is 5.33. The van der Waals surface area contributed by atoms with Crippen LogP contribution in [-0.2, 0) is 4.79 Å². The summed E-state index contributed by atoms with van der Waals surface area (Å²) in [4.78, 5) is 16.5. The summed E-state index contributed by atoms with van der Waals surface area (Å²) in [5.41, 5.74) is 0. The summed E-state index contributed by atoms with van der Waals surface area (Å²) in [5.74, 6) is 0.784. The molecule has 2 fully saturated rings. The number of nitrogens with one attached hydrogen (secondary N) is 2. The van der Waals surface area contributed by atoms with Gasteiger partial charge in [0.05, 0.1) is 18.3 Å². The number of imidazole rings is 1. The average Bonchev–Trinajstić information content (AvgIpc) is 3.07. The minimum Gasteiger partial charge on any atom is -0.351 e. The summed E-state index contributed by atoms with van der Waals surface area (Å²) in [7, 11) is 0. The zero-order valence-electron chi connectivity index (χ0n) is 11.4. The van der Waals surface area contributed by atoms with Crippen molar-refractivity contribution < 1.29 is 4.79 Å². The van der Waals surface area contributed by atoms with Crippen molar-refractivity contribution in [1.29, 1.82) is 0 Å². The SMILES string of the molecule is C[C@@H]1CNC[C@H]1C(=O)NC1CCCC1n1ccnc1. The molecule has 104 valence electrons. The third kappa shape index (κ3) is 2.52. The first kappa shape index (κ1) is 12.7. The molecule has 2 unspecified atom stereocenters. The maximum absolute atomic E-state index is 12.4. The van der Waals surface area contributed by atoms with Crippen LogP contribution in [0.2, 0.25) is 0 Å². The van der Waals surface area contributed by atoms with Gasteiger partial charge >= 0.3 is 0 Å². The highest BCUT2D eigenvalue weighted by Crippen LogP contribution is 2.30. The molecule has 1 saturated heterocycles. The van der Waals surface area contributed by atoms with Crippen LogP contribution in [0, 0.1) is 11.8 Å². The van der Waals surface area contributed by atoms with Crippen molar-refractivity contribution >= 4 is 5.91 Å².